The van der Waals surface area contributed by atoms with E-state index in [9.17, 15) is 22.8 Å². The summed E-state index contributed by atoms with van der Waals surface area (Å²) in [6.45, 7) is 1.55. The summed E-state index contributed by atoms with van der Waals surface area (Å²) in [7, 11) is -0.575. The van der Waals surface area contributed by atoms with Crippen molar-refractivity contribution in [2.45, 2.75) is 44.3 Å². The molecule has 0 aliphatic carbocycles. The zero-order valence-corrected chi connectivity index (χ0v) is 18.2. The lowest BCUT2D eigenvalue weighted by Crippen LogP contribution is -2.47. The summed E-state index contributed by atoms with van der Waals surface area (Å²) >= 11 is 0. The van der Waals surface area contributed by atoms with E-state index in [1.165, 1.54) is 11.6 Å². The van der Waals surface area contributed by atoms with Crippen molar-refractivity contribution in [3.05, 3.63) is 64.7 Å². The van der Waals surface area contributed by atoms with Gasteiger partial charge in [0.15, 0.2) is 0 Å². The number of aryl methyl sites for hydroxylation is 2. The van der Waals surface area contributed by atoms with E-state index in [-0.39, 0.29) is 31.8 Å². The summed E-state index contributed by atoms with van der Waals surface area (Å²) in [5.41, 5.74) is 6.50. The molecule has 9 heteroatoms. The third-order valence-electron chi connectivity index (χ3n) is 5.06. The van der Waals surface area contributed by atoms with Gasteiger partial charge in [-0.15, -0.1) is 0 Å². The van der Waals surface area contributed by atoms with Crippen molar-refractivity contribution in [1.82, 2.24) is 0 Å². The largest absolute Gasteiger partial charge is 0.493 e. The van der Waals surface area contributed by atoms with E-state index in [2.05, 4.69) is 6.92 Å². The smallest absolute Gasteiger partial charge is 0.419 e. The van der Waals surface area contributed by atoms with Crippen molar-refractivity contribution in [2.75, 3.05) is 19.8 Å². The van der Waals surface area contributed by atoms with Gasteiger partial charge in [0, 0.05) is 6.42 Å². The highest BCUT2D eigenvalue weighted by atomic mass is 31.1. The van der Waals surface area contributed by atoms with Gasteiger partial charge in [0.1, 0.15) is 5.75 Å². The molecule has 31 heavy (non-hydrogen) atoms. The van der Waals surface area contributed by atoms with Gasteiger partial charge in [0.05, 0.1) is 30.9 Å². The summed E-state index contributed by atoms with van der Waals surface area (Å²) in [5.74, 6) is -0.226. The quantitative estimate of drug-likeness (QED) is 0.450. The first-order chi connectivity index (χ1) is 14.7. The van der Waals surface area contributed by atoms with Gasteiger partial charge in [0.25, 0.3) is 0 Å². The predicted octanol–water partition coefficient (Wildman–Crippen LogP) is 4.74. The molecule has 0 aromatic heterocycles. The standard InChI is InChI=1S/C22H27F3NO4P/c1-2-16-3-5-17(6-4-16)10-12-29-20-8-7-18(13-19(20)22(23,24)25)9-11-21(26,14-27)15-30-31-28/h3-8,13,27H,2,9-12,14-15,26H2,1H3. The Kier molecular flexibility index (Phi) is 9.44. The predicted molar refractivity (Wildman–Crippen MR) is 112 cm³/mol. The zero-order valence-electron chi connectivity index (χ0n) is 17.3. The lowest BCUT2D eigenvalue weighted by Gasteiger charge is -2.25. The Morgan fingerprint density at radius 3 is 2.26 bits per heavy atom. The van der Waals surface area contributed by atoms with Crippen LogP contribution in [-0.4, -0.2) is 30.5 Å². The molecule has 0 radical (unpaired) electrons. The second kappa shape index (κ2) is 11.6. The van der Waals surface area contributed by atoms with Gasteiger partial charge in [0.2, 0.25) is 0 Å². The number of aliphatic hydroxyl groups excluding tert-OH is 1. The van der Waals surface area contributed by atoms with Crippen molar-refractivity contribution in [3.8, 4) is 5.75 Å². The van der Waals surface area contributed by atoms with E-state index >= 15 is 0 Å². The van der Waals surface area contributed by atoms with Gasteiger partial charge < -0.3 is 15.6 Å². The molecule has 0 aliphatic rings. The first kappa shape index (κ1) is 25.3. The summed E-state index contributed by atoms with van der Waals surface area (Å²) in [6.07, 6.45) is -2.82. The van der Waals surface area contributed by atoms with Crippen LogP contribution in [0.5, 0.6) is 5.75 Å². The molecule has 1 unspecified atom stereocenters. The molecule has 1 atom stereocenters. The van der Waals surface area contributed by atoms with E-state index in [1.54, 1.807) is 6.07 Å². The fourth-order valence-electron chi connectivity index (χ4n) is 3.05. The molecule has 0 bridgehead atoms. The number of rotatable bonds is 12. The van der Waals surface area contributed by atoms with Crippen molar-refractivity contribution in [3.63, 3.8) is 0 Å². The maximum Gasteiger partial charge on any atom is 0.419 e. The summed E-state index contributed by atoms with van der Waals surface area (Å²) in [5, 5.41) is 9.43. The number of alkyl halides is 3. The van der Waals surface area contributed by atoms with Crippen molar-refractivity contribution < 1.29 is 32.1 Å². The fraction of sp³-hybridized carbons (Fsp3) is 0.455. The molecule has 0 spiro atoms. The van der Waals surface area contributed by atoms with Gasteiger partial charge in [-0.1, -0.05) is 37.3 Å². The Morgan fingerprint density at radius 1 is 1.03 bits per heavy atom. The Balaban J connectivity index is 2.05. The number of hydrogen-bond donors (Lipinski definition) is 2. The molecule has 170 valence electrons. The highest BCUT2D eigenvalue weighted by molar-refractivity contribution is 7.17. The van der Waals surface area contributed by atoms with Crippen molar-refractivity contribution >= 4 is 8.69 Å². The van der Waals surface area contributed by atoms with E-state index < -0.39 is 32.6 Å². The van der Waals surface area contributed by atoms with E-state index in [0.717, 1.165) is 18.1 Å². The van der Waals surface area contributed by atoms with Crippen LogP contribution in [0.4, 0.5) is 13.2 Å². The molecule has 2 rings (SSSR count). The molecule has 2 aromatic rings. The highest BCUT2D eigenvalue weighted by Gasteiger charge is 2.35. The minimum absolute atomic E-state index is 0.121. The van der Waals surface area contributed by atoms with Gasteiger partial charge in [-0.25, -0.2) is 4.57 Å². The van der Waals surface area contributed by atoms with Crippen LogP contribution in [-0.2, 0) is 34.5 Å². The Bertz CT molecular complexity index is 846. The zero-order chi connectivity index (χ0) is 22.9. The lowest BCUT2D eigenvalue weighted by atomic mass is 9.93. The van der Waals surface area contributed by atoms with Crippen LogP contribution >= 0.6 is 8.69 Å². The van der Waals surface area contributed by atoms with Crippen LogP contribution in [0.3, 0.4) is 0 Å². The summed E-state index contributed by atoms with van der Waals surface area (Å²) in [4.78, 5) is 0. The van der Waals surface area contributed by atoms with Gasteiger partial charge in [-0.2, -0.15) is 13.2 Å². The SMILES string of the molecule is CCc1ccc(CCOc2ccc(CCC(N)(CO)COP=O)cc2C(F)(F)F)cc1. The molecule has 5 nitrogen and oxygen atoms in total. The number of benzene rings is 2. The third kappa shape index (κ3) is 7.89. The number of ether oxygens (including phenoxy) is 1. The second-order valence-electron chi connectivity index (χ2n) is 7.47. The average molecular weight is 457 g/mol. The summed E-state index contributed by atoms with van der Waals surface area (Å²) < 4.78 is 61.3. The minimum atomic E-state index is -4.57. The molecule has 0 fully saturated rings. The van der Waals surface area contributed by atoms with E-state index in [0.29, 0.717) is 12.0 Å². The Morgan fingerprint density at radius 2 is 1.68 bits per heavy atom. The first-order valence-corrected chi connectivity index (χ1v) is 10.7. The first-order valence-electron chi connectivity index (χ1n) is 9.96. The third-order valence-corrected chi connectivity index (χ3v) is 5.29. The average Bonchev–Trinajstić information content (AvgIpc) is 2.76. The molecule has 0 heterocycles. The Hall–Kier alpha value is -1.99. The second-order valence-corrected chi connectivity index (χ2v) is 7.87. The van der Waals surface area contributed by atoms with Crippen LogP contribution in [0.15, 0.2) is 42.5 Å². The van der Waals surface area contributed by atoms with Crippen LogP contribution in [0.1, 0.15) is 35.6 Å². The van der Waals surface area contributed by atoms with E-state index in [4.69, 9.17) is 15.0 Å². The fourth-order valence-corrected chi connectivity index (χ4v) is 3.36. The number of halogens is 3. The molecule has 0 saturated carbocycles. The van der Waals surface area contributed by atoms with Crippen molar-refractivity contribution in [1.29, 1.82) is 0 Å². The minimum Gasteiger partial charge on any atom is -0.493 e. The number of hydrogen-bond acceptors (Lipinski definition) is 5. The lowest BCUT2D eigenvalue weighted by molar-refractivity contribution is -0.139. The summed E-state index contributed by atoms with van der Waals surface area (Å²) in [6, 6.07) is 11.8. The van der Waals surface area contributed by atoms with Crippen molar-refractivity contribution in [2.24, 2.45) is 5.73 Å². The van der Waals surface area contributed by atoms with Crippen LogP contribution in [0.2, 0.25) is 0 Å². The monoisotopic (exact) mass is 457 g/mol. The van der Waals surface area contributed by atoms with Crippen LogP contribution < -0.4 is 10.5 Å². The number of nitrogens with two attached hydrogens (primary N) is 1. The molecular formula is C22H27F3NO4P. The molecule has 3 N–H and O–H groups in total. The molecule has 0 amide bonds. The van der Waals surface area contributed by atoms with Gasteiger partial charge in [-0.05, 0) is 48.1 Å². The van der Waals surface area contributed by atoms with Crippen LogP contribution in [0.25, 0.3) is 0 Å². The molecule has 2 aromatic carbocycles. The topological polar surface area (TPSA) is 81.8 Å². The van der Waals surface area contributed by atoms with Gasteiger partial charge in [-0.3, -0.25) is 4.52 Å². The maximum absolute atomic E-state index is 13.6. The molecule has 0 saturated heterocycles. The maximum atomic E-state index is 13.6. The number of aliphatic hydroxyl groups is 1. The van der Waals surface area contributed by atoms with Crippen LogP contribution in [0, 0.1) is 0 Å². The Labute approximate surface area is 181 Å². The van der Waals surface area contributed by atoms with E-state index in [1.807, 2.05) is 24.3 Å². The van der Waals surface area contributed by atoms with Gasteiger partial charge >= 0.3 is 14.9 Å². The normalized spacial score (nSPS) is 13.9. The molecule has 0 aliphatic heterocycles. The molecular weight excluding hydrogens is 430 g/mol. The highest BCUT2D eigenvalue weighted by Crippen LogP contribution is 2.37.